The molecular formula is C30H24FN7O2. The highest BCUT2D eigenvalue weighted by molar-refractivity contribution is 6.01. The number of anilines is 1. The smallest absolute Gasteiger partial charge is 0.227 e. The van der Waals surface area contributed by atoms with Crippen LogP contribution < -0.4 is 10.1 Å². The van der Waals surface area contributed by atoms with E-state index in [1.165, 1.54) is 19.2 Å². The molecule has 10 heteroatoms. The Balaban J connectivity index is 1.26. The highest BCUT2D eigenvalue weighted by atomic mass is 19.1. The number of aromatic amines is 2. The molecule has 1 fully saturated rings. The van der Waals surface area contributed by atoms with Gasteiger partial charge in [-0.2, -0.15) is 5.10 Å². The molecule has 5 heterocycles. The maximum atomic E-state index is 14.3. The number of H-pyrrole nitrogens is 2. The monoisotopic (exact) mass is 533 g/mol. The van der Waals surface area contributed by atoms with E-state index < -0.39 is 0 Å². The Bertz CT molecular complexity index is 1910. The second-order valence-corrected chi connectivity index (χ2v) is 9.98. The Labute approximate surface area is 227 Å². The highest BCUT2D eigenvalue weighted by Crippen LogP contribution is 2.36. The number of rotatable bonds is 6. The zero-order chi connectivity index (χ0) is 27.2. The predicted octanol–water partition coefficient (Wildman–Crippen LogP) is 6.12. The van der Waals surface area contributed by atoms with Crippen LogP contribution in [0.15, 0.2) is 67.4 Å². The van der Waals surface area contributed by atoms with E-state index in [1.54, 1.807) is 37.1 Å². The molecule has 1 amide bonds. The summed E-state index contributed by atoms with van der Waals surface area (Å²) < 4.78 is 19.5. The number of carbonyl (C=O) groups is 1. The second kappa shape index (κ2) is 9.57. The number of nitrogens with zero attached hydrogens (tertiary/aromatic N) is 4. The number of halogens is 1. The SMILES string of the molecule is COc1cc(F)cc(-c2cncc3[nH]c(-c4n[nH]c5cnc(-c6cncc(NC(=O)C7CCC7)c6)cc45)cc23)c1. The van der Waals surface area contributed by atoms with E-state index in [2.05, 4.69) is 35.5 Å². The number of ether oxygens (including phenoxy) is 1. The van der Waals surface area contributed by atoms with Crippen molar-refractivity contribution in [1.29, 1.82) is 0 Å². The van der Waals surface area contributed by atoms with Gasteiger partial charge in [0.25, 0.3) is 0 Å². The fourth-order valence-electron chi connectivity index (χ4n) is 5.09. The quantitative estimate of drug-likeness (QED) is 0.237. The molecule has 6 aromatic rings. The molecule has 9 nitrogen and oxygen atoms in total. The number of carbonyl (C=O) groups excluding carboxylic acids is 1. The van der Waals surface area contributed by atoms with Gasteiger partial charge in [-0.25, -0.2) is 4.39 Å². The van der Waals surface area contributed by atoms with Crippen LogP contribution in [0.1, 0.15) is 19.3 Å². The molecule has 3 N–H and O–H groups in total. The first-order valence-corrected chi connectivity index (χ1v) is 13.0. The summed E-state index contributed by atoms with van der Waals surface area (Å²) in [5.41, 5.74) is 6.61. The molecule has 0 spiro atoms. The molecule has 0 saturated heterocycles. The zero-order valence-corrected chi connectivity index (χ0v) is 21.5. The molecule has 0 radical (unpaired) electrons. The number of methoxy groups -OCH3 is 1. The molecule has 40 heavy (non-hydrogen) atoms. The van der Waals surface area contributed by atoms with E-state index in [9.17, 15) is 9.18 Å². The van der Waals surface area contributed by atoms with Gasteiger partial charge in [-0.05, 0) is 48.7 Å². The average Bonchev–Trinajstić information content (AvgIpc) is 3.55. The van der Waals surface area contributed by atoms with Crippen molar-refractivity contribution in [3.8, 4) is 39.5 Å². The summed E-state index contributed by atoms with van der Waals surface area (Å²) in [5.74, 6) is 0.167. The molecule has 0 bridgehead atoms. The Morgan fingerprint density at radius 3 is 2.65 bits per heavy atom. The molecule has 1 aliphatic rings. The van der Waals surface area contributed by atoms with Crippen LogP contribution in [0.5, 0.6) is 5.75 Å². The Kier molecular flexibility index (Phi) is 5.73. The van der Waals surface area contributed by atoms with Gasteiger partial charge in [-0.1, -0.05) is 6.42 Å². The van der Waals surface area contributed by atoms with Gasteiger partial charge in [0.1, 0.15) is 17.3 Å². The first-order valence-electron chi connectivity index (χ1n) is 13.0. The van der Waals surface area contributed by atoms with E-state index in [4.69, 9.17) is 4.74 Å². The fraction of sp³-hybridized carbons (Fsp3) is 0.167. The number of amides is 1. The molecule has 0 atom stereocenters. The summed E-state index contributed by atoms with van der Waals surface area (Å²) in [6.45, 7) is 0. The standard InChI is InChI=1S/C30H24FN7O2/c1-40-21-7-17(5-19(31)8-21)24-13-33-14-27-22(24)9-26(36-27)29-23-10-25(34-15-28(23)37-38-29)18-6-20(12-32-11-18)35-30(39)16-3-2-4-16/h5-16,36H,2-4H2,1H3,(H,35,39)(H,37,38). The number of benzene rings is 1. The van der Waals surface area contributed by atoms with E-state index >= 15 is 0 Å². The number of hydrogen-bond donors (Lipinski definition) is 3. The van der Waals surface area contributed by atoms with Crippen molar-refractivity contribution in [2.45, 2.75) is 19.3 Å². The molecule has 1 saturated carbocycles. The van der Waals surface area contributed by atoms with Crippen LogP contribution in [0.4, 0.5) is 10.1 Å². The third-order valence-electron chi connectivity index (χ3n) is 7.44. The third kappa shape index (κ3) is 4.23. The summed E-state index contributed by atoms with van der Waals surface area (Å²) in [7, 11) is 1.51. The van der Waals surface area contributed by atoms with Crippen molar-refractivity contribution in [3.63, 3.8) is 0 Å². The van der Waals surface area contributed by atoms with Crippen molar-refractivity contribution in [3.05, 3.63) is 73.2 Å². The second-order valence-electron chi connectivity index (χ2n) is 9.98. The van der Waals surface area contributed by atoms with Gasteiger partial charge in [-0.15, -0.1) is 0 Å². The molecular weight excluding hydrogens is 509 g/mol. The maximum Gasteiger partial charge on any atom is 0.227 e. The van der Waals surface area contributed by atoms with Gasteiger partial charge in [0, 0.05) is 46.3 Å². The molecule has 1 aromatic carbocycles. The first-order chi connectivity index (χ1) is 19.6. The predicted molar refractivity (Wildman–Crippen MR) is 150 cm³/mol. The summed E-state index contributed by atoms with van der Waals surface area (Å²) in [6, 6.07) is 10.4. The summed E-state index contributed by atoms with van der Waals surface area (Å²) in [6.07, 6.45) is 11.5. The Hall–Kier alpha value is -5.12. The minimum atomic E-state index is -0.387. The van der Waals surface area contributed by atoms with Crippen LogP contribution >= 0.6 is 0 Å². The Morgan fingerprint density at radius 2 is 1.82 bits per heavy atom. The molecule has 5 aromatic heterocycles. The van der Waals surface area contributed by atoms with Crippen LogP contribution in [-0.4, -0.2) is 43.2 Å². The van der Waals surface area contributed by atoms with Gasteiger partial charge < -0.3 is 15.0 Å². The lowest BCUT2D eigenvalue weighted by Gasteiger charge is -2.24. The largest absolute Gasteiger partial charge is 0.497 e. The normalized spacial score (nSPS) is 13.4. The minimum Gasteiger partial charge on any atom is -0.497 e. The topological polar surface area (TPSA) is 121 Å². The highest BCUT2D eigenvalue weighted by Gasteiger charge is 2.25. The van der Waals surface area contributed by atoms with Crippen LogP contribution in [0.2, 0.25) is 0 Å². The minimum absolute atomic E-state index is 0.0371. The lowest BCUT2D eigenvalue weighted by Crippen LogP contribution is -2.28. The number of nitrogens with one attached hydrogen (secondary N) is 3. The van der Waals surface area contributed by atoms with Crippen molar-refractivity contribution < 1.29 is 13.9 Å². The van der Waals surface area contributed by atoms with E-state index in [1.807, 2.05) is 18.2 Å². The number of aromatic nitrogens is 6. The number of fused-ring (bicyclic) bond motifs is 2. The zero-order valence-electron chi connectivity index (χ0n) is 21.5. The number of hydrogen-bond acceptors (Lipinski definition) is 6. The lowest BCUT2D eigenvalue weighted by molar-refractivity contribution is -0.122. The molecule has 0 aliphatic heterocycles. The van der Waals surface area contributed by atoms with Crippen LogP contribution in [0, 0.1) is 11.7 Å². The maximum absolute atomic E-state index is 14.3. The van der Waals surface area contributed by atoms with Crippen LogP contribution in [-0.2, 0) is 4.79 Å². The third-order valence-corrected chi connectivity index (χ3v) is 7.44. The molecule has 1 aliphatic carbocycles. The van der Waals surface area contributed by atoms with E-state index in [0.29, 0.717) is 28.4 Å². The van der Waals surface area contributed by atoms with Crippen molar-refractivity contribution in [2.24, 2.45) is 5.92 Å². The van der Waals surface area contributed by atoms with Gasteiger partial charge >= 0.3 is 0 Å². The molecule has 0 unspecified atom stereocenters. The van der Waals surface area contributed by atoms with Gasteiger partial charge in [0.15, 0.2) is 0 Å². The Morgan fingerprint density at radius 1 is 0.950 bits per heavy atom. The summed E-state index contributed by atoms with van der Waals surface area (Å²) in [5, 5.41) is 12.3. The van der Waals surface area contributed by atoms with Crippen molar-refractivity contribution >= 4 is 33.4 Å². The average molecular weight is 534 g/mol. The van der Waals surface area contributed by atoms with Gasteiger partial charge in [0.2, 0.25) is 5.91 Å². The number of pyridine rings is 3. The van der Waals surface area contributed by atoms with Crippen molar-refractivity contribution in [1.82, 2.24) is 30.1 Å². The lowest BCUT2D eigenvalue weighted by atomic mass is 9.85. The van der Waals surface area contributed by atoms with Gasteiger partial charge in [-0.3, -0.25) is 24.8 Å². The summed E-state index contributed by atoms with van der Waals surface area (Å²) in [4.78, 5) is 29.1. The van der Waals surface area contributed by atoms with Crippen molar-refractivity contribution in [2.75, 3.05) is 12.4 Å². The van der Waals surface area contributed by atoms with Gasteiger partial charge in [0.05, 0.1) is 53.8 Å². The van der Waals surface area contributed by atoms with Crippen LogP contribution in [0.3, 0.4) is 0 Å². The molecule has 7 rings (SSSR count). The molecule has 198 valence electrons. The van der Waals surface area contributed by atoms with E-state index in [0.717, 1.165) is 57.9 Å². The van der Waals surface area contributed by atoms with Crippen LogP contribution in [0.25, 0.3) is 55.6 Å². The summed E-state index contributed by atoms with van der Waals surface area (Å²) >= 11 is 0. The van der Waals surface area contributed by atoms with E-state index in [-0.39, 0.29) is 17.6 Å². The fourth-order valence-corrected chi connectivity index (χ4v) is 5.09. The first kappa shape index (κ1) is 24.0.